The summed E-state index contributed by atoms with van der Waals surface area (Å²) < 4.78 is 10.4. The lowest BCUT2D eigenvalue weighted by Gasteiger charge is -2.12. The first kappa shape index (κ1) is 11.0. The van der Waals surface area contributed by atoms with Crippen molar-refractivity contribution in [3.05, 3.63) is 29.3 Å². The molecule has 0 saturated carbocycles. The highest BCUT2D eigenvalue weighted by molar-refractivity contribution is 5.40. The summed E-state index contributed by atoms with van der Waals surface area (Å²) in [4.78, 5) is 0. The van der Waals surface area contributed by atoms with Gasteiger partial charge in [0.25, 0.3) is 0 Å². The van der Waals surface area contributed by atoms with Crippen molar-refractivity contribution in [1.29, 1.82) is 0 Å². The summed E-state index contributed by atoms with van der Waals surface area (Å²) in [6.45, 7) is 3.13. The molecule has 0 aromatic heterocycles. The van der Waals surface area contributed by atoms with E-state index in [0.717, 1.165) is 23.4 Å². The van der Waals surface area contributed by atoms with Crippen molar-refractivity contribution in [2.24, 2.45) is 0 Å². The number of rotatable bonds is 5. The van der Waals surface area contributed by atoms with E-state index in [1.54, 1.807) is 7.11 Å². The highest BCUT2D eigenvalue weighted by Gasteiger charge is 2.05. The highest BCUT2D eigenvalue weighted by Crippen LogP contribution is 2.23. The van der Waals surface area contributed by atoms with Gasteiger partial charge in [-0.1, -0.05) is 18.2 Å². The summed E-state index contributed by atoms with van der Waals surface area (Å²) in [5.41, 5.74) is 2.29. The van der Waals surface area contributed by atoms with Crippen LogP contribution < -0.4 is 10.1 Å². The molecule has 1 N–H and O–H groups in total. The minimum atomic E-state index is 0.293. The Balaban J connectivity index is 2.84. The number of para-hydroxylation sites is 1. The van der Waals surface area contributed by atoms with Crippen LogP contribution in [-0.2, 0) is 11.3 Å². The van der Waals surface area contributed by atoms with Gasteiger partial charge in [-0.05, 0) is 19.5 Å². The summed E-state index contributed by atoms with van der Waals surface area (Å²) in [6.07, 6.45) is 0. The van der Waals surface area contributed by atoms with Crippen LogP contribution in [-0.4, -0.2) is 21.0 Å². The molecule has 0 radical (unpaired) electrons. The Hall–Kier alpha value is -1.06. The van der Waals surface area contributed by atoms with Gasteiger partial charge in [0.15, 0.2) is 6.79 Å². The minimum Gasteiger partial charge on any atom is -0.467 e. The second-order valence-corrected chi connectivity index (χ2v) is 3.14. The zero-order chi connectivity index (χ0) is 10.4. The first-order valence-corrected chi connectivity index (χ1v) is 4.64. The third-order valence-corrected chi connectivity index (χ3v) is 1.98. The molecule has 3 nitrogen and oxygen atoms in total. The van der Waals surface area contributed by atoms with E-state index >= 15 is 0 Å². The van der Waals surface area contributed by atoms with Gasteiger partial charge in [-0.15, -0.1) is 0 Å². The van der Waals surface area contributed by atoms with Crippen LogP contribution in [0.25, 0.3) is 0 Å². The molecule has 0 aliphatic rings. The van der Waals surface area contributed by atoms with Crippen LogP contribution in [0.2, 0.25) is 0 Å². The van der Waals surface area contributed by atoms with Crippen LogP contribution in [0, 0.1) is 6.92 Å². The van der Waals surface area contributed by atoms with E-state index in [-0.39, 0.29) is 0 Å². The van der Waals surface area contributed by atoms with Crippen molar-refractivity contribution in [1.82, 2.24) is 5.32 Å². The van der Waals surface area contributed by atoms with Gasteiger partial charge in [-0.25, -0.2) is 0 Å². The monoisotopic (exact) mass is 195 g/mol. The zero-order valence-corrected chi connectivity index (χ0v) is 8.96. The van der Waals surface area contributed by atoms with Crippen molar-refractivity contribution in [3.8, 4) is 5.75 Å². The Kier molecular flexibility index (Phi) is 4.43. The summed E-state index contributed by atoms with van der Waals surface area (Å²) >= 11 is 0. The summed E-state index contributed by atoms with van der Waals surface area (Å²) in [7, 11) is 3.54. The number of hydrogen-bond acceptors (Lipinski definition) is 3. The van der Waals surface area contributed by atoms with Gasteiger partial charge in [0.05, 0.1) is 0 Å². The van der Waals surface area contributed by atoms with Crippen molar-refractivity contribution in [3.63, 3.8) is 0 Å². The van der Waals surface area contributed by atoms with E-state index in [4.69, 9.17) is 9.47 Å². The van der Waals surface area contributed by atoms with Crippen LogP contribution in [0.4, 0.5) is 0 Å². The number of benzene rings is 1. The molecule has 0 aliphatic heterocycles. The van der Waals surface area contributed by atoms with E-state index < -0.39 is 0 Å². The van der Waals surface area contributed by atoms with Gasteiger partial charge < -0.3 is 14.8 Å². The molecule has 78 valence electrons. The zero-order valence-electron chi connectivity index (χ0n) is 8.96. The third-order valence-electron chi connectivity index (χ3n) is 1.98. The SMILES string of the molecule is CNCc1cccc(C)c1OCOC. The molecule has 0 aliphatic carbocycles. The van der Waals surface area contributed by atoms with Crippen LogP contribution in [0.1, 0.15) is 11.1 Å². The first-order chi connectivity index (χ1) is 6.79. The number of ether oxygens (including phenoxy) is 2. The van der Waals surface area contributed by atoms with Crippen molar-refractivity contribution in [2.75, 3.05) is 21.0 Å². The molecule has 0 amide bonds. The Morgan fingerprint density at radius 2 is 2.14 bits per heavy atom. The molecule has 1 aromatic rings. The van der Waals surface area contributed by atoms with Gasteiger partial charge in [0.2, 0.25) is 0 Å². The minimum absolute atomic E-state index is 0.293. The van der Waals surface area contributed by atoms with E-state index in [1.807, 2.05) is 26.1 Å². The molecule has 0 fully saturated rings. The average molecular weight is 195 g/mol. The van der Waals surface area contributed by atoms with Gasteiger partial charge in [0.1, 0.15) is 5.75 Å². The molecule has 0 unspecified atom stereocenters. The Morgan fingerprint density at radius 1 is 1.36 bits per heavy atom. The molecule has 3 heteroatoms. The van der Waals surface area contributed by atoms with Crippen LogP contribution in [0.3, 0.4) is 0 Å². The Morgan fingerprint density at radius 3 is 2.79 bits per heavy atom. The number of nitrogens with one attached hydrogen (secondary N) is 1. The molecule has 14 heavy (non-hydrogen) atoms. The average Bonchev–Trinajstić information content (AvgIpc) is 2.18. The van der Waals surface area contributed by atoms with E-state index in [1.165, 1.54) is 0 Å². The molecule has 1 rings (SSSR count). The number of aryl methyl sites for hydroxylation is 1. The van der Waals surface area contributed by atoms with Gasteiger partial charge >= 0.3 is 0 Å². The molecular weight excluding hydrogens is 178 g/mol. The van der Waals surface area contributed by atoms with Gasteiger partial charge in [0, 0.05) is 19.2 Å². The maximum absolute atomic E-state index is 5.51. The fourth-order valence-electron chi connectivity index (χ4n) is 1.37. The largest absolute Gasteiger partial charge is 0.467 e. The summed E-state index contributed by atoms with van der Waals surface area (Å²) in [5.74, 6) is 0.920. The van der Waals surface area contributed by atoms with Gasteiger partial charge in [-0.3, -0.25) is 0 Å². The van der Waals surface area contributed by atoms with Crippen LogP contribution in [0.5, 0.6) is 5.75 Å². The quantitative estimate of drug-likeness (QED) is 0.725. The van der Waals surface area contributed by atoms with Crippen molar-refractivity contribution >= 4 is 0 Å². The van der Waals surface area contributed by atoms with Crippen LogP contribution >= 0.6 is 0 Å². The standard InChI is InChI=1S/C11H17NO2/c1-9-5-4-6-10(7-12-2)11(9)14-8-13-3/h4-6,12H,7-8H2,1-3H3. The molecule has 0 bridgehead atoms. The number of hydrogen-bond donors (Lipinski definition) is 1. The highest BCUT2D eigenvalue weighted by atomic mass is 16.7. The normalized spacial score (nSPS) is 10.2. The van der Waals surface area contributed by atoms with Gasteiger partial charge in [-0.2, -0.15) is 0 Å². The van der Waals surface area contributed by atoms with Crippen LogP contribution in [0.15, 0.2) is 18.2 Å². The maximum atomic E-state index is 5.51. The Labute approximate surface area is 85.0 Å². The smallest absolute Gasteiger partial charge is 0.188 e. The topological polar surface area (TPSA) is 30.5 Å². The first-order valence-electron chi connectivity index (χ1n) is 4.64. The second kappa shape index (κ2) is 5.62. The fraction of sp³-hybridized carbons (Fsp3) is 0.455. The lowest BCUT2D eigenvalue weighted by Crippen LogP contribution is -2.09. The lowest BCUT2D eigenvalue weighted by atomic mass is 10.1. The van der Waals surface area contributed by atoms with E-state index in [9.17, 15) is 0 Å². The van der Waals surface area contributed by atoms with E-state index in [0.29, 0.717) is 6.79 Å². The summed E-state index contributed by atoms with van der Waals surface area (Å²) in [5, 5.41) is 3.11. The molecule has 0 heterocycles. The molecule has 0 atom stereocenters. The predicted molar refractivity (Wildman–Crippen MR) is 56.4 cm³/mol. The van der Waals surface area contributed by atoms with Crippen molar-refractivity contribution in [2.45, 2.75) is 13.5 Å². The third kappa shape index (κ3) is 2.72. The fourth-order valence-corrected chi connectivity index (χ4v) is 1.37. The Bertz CT molecular complexity index is 287. The second-order valence-electron chi connectivity index (χ2n) is 3.14. The maximum Gasteiger partial charge on any atom is 0.188 e. The molecule has 0 saturated heterocycles. The van der Waals surface area contributed by atoms with Crippen molar-refractivity contribution < 1.29 is 9.47 Å². The van der Waals surface area contributed by atoms with E-state index in [2.05, 4.69) is 11.4 Å². The predicted octanol–water partition coefficient (Wildman–Crippen LogP) is 1.70. The number of methoxy groups -OCH3 is 1. The molecule has 1 aromatic carbocycles. The molecule has 0 spiro atoms. The lowest BCUT2D eigenvalue weighted by molar-refractivity contribution is 0.0498. The summed E-state index contributed by atoms with van der Waals surface area (Å²) in [6, 6.07) is 6.11. The molecular formula is C11H17NO2.